The first-order chi connectivity index (χ1) is 13.1. The van der Waals surface area contributed by atoms with Gasteiger partial charge in [0.1, 0.15) is 5.75 Å². The van der Waals surface area contributed by atoms with Gasteiger partial charge in [-0.15, -0.1) is 0 Å². The van der Waals surface area contributed by atoms with Gasteiger partial charge < -0.3 is 14.2 Å². The molecular weight excluding hydrogens is 406 g/mol. The van der Waals surface area contributed by atoms with Crippen molar-refractivity contribution in [3.8, 4) is 17.2 Å². The highest BCUT2D eigenvalue weighted by Gasteiger charge is 2.49. The largest absolute Gasteiger partial charge is 0.472 e. The minimum absolute atomic E-state index is 0.238. The summed E-state index contributed by atoms with van der Waals surface area (Å²) in [5.74, 6) is 3.05. The number of likely N-dealkylation sites (tertiary alicyclic amines) is 1. The van der Waals surface area contributed by atoms with E-state index in [-0.39, 0.29) is 18.4 Å². The summed E-state index contributed by atoms with van der Waals surface area (Å²) < 4.78 is 19.1. The second kappa shape index (κ2) is 6.42. The summed E-state index contributed by atoms with van der Waals surface area (Å²) in [4.78, 5) is 2.51. The SMILES string of the molecule is C[C@H]1[C@H](c2ccc(Br)cc2)c2cc3c(cc2O[C@@]1(C)N1CCCC1)OCO3. The van der Waals surface area contributed by atoms with Gasteiger partial charge in [0.2, 0.25) is 6.79 Å². The topological polar surface area (TPSA) is 30.9 Å². The van der Waals surface area contributed by atoms with E-state index in [1.807, 2.05) is 6.07 Å². The molecule has 2 aromatic rings. The quantitative estimate of drug-likeness (QED) is 0.660. The van der Waals surface area contributed by atoms with Gasteiger partial charge in [-0.25, -0.2) is 0 Å². The molecule has 4 nitrogen and oxygen atoms in total. The Morgan fingerprint density at radius 1 is 1.00 bits per heavy atom. The van der Waals surface area contributed by atoms with Crippen molar-refractivity contribution < 1.29 is 14.2 Å². The molecule has 1 saturated heterocycles. The van der Waals surface area contributed by atoms with E-state index in [2.05, 4.69) is 65.0 Å². The van der Waals surface area contributed by atoms with Crippen LogP contribution in [0.1, 0.15) is 43.7 Å². The number of halogens is 1. The van der Waals surface area contributed by atoms with E-state index in [0.717, 1.165) is 34.8 Å². The number of fused-ring (bicyclic) bond motifs is 2. The summed E-state index contributed by atoms with van der Waals surface area (Å²) in [6, 6.07) is 12.8. The molecule has 3 aliphatic heterocycles. The van der Waals surface area contributed by atoms with Crippen molar-refractivity contribution >= 4 is 15.9 Å². The van der Waals surface area contributed by atoms with Gasteiger partial charge in [-0.3, -0.25) is 4.90 Å². The van der Waals surface area contributed by atoms with E-state index in [1.54, 1.807) is 0 Å². The van der Waals surface area contributed by atoms with Crippen LogP contribution in [0.4, 0.5) is 0 Å². The van der Waals surface area contributed by atoms with Crippen molar-refractivity contribution in [2.45, 2.75) is 38.3 Å². The fourth-order valence-corrected chi connectivity index (χ4v) is 5.08. The fraction of sp³-hybridized carbons (Fsp3) is 0.455. The van der Waals surface area contributed by atoms with Crippen LogP contribution in [0, 0.1) is 5.92 Å². The van der Waals surface area contributed by atoms with Crippen molar-refractivity contribution in [3.05, 3.63) is 52.0 Å². The third-order valence-corrected chi connectivity index (χ3v) is 6.99. The van der Waals surface area contributed by atoms with Crippen LogP contribution in [0.3, 0.4) is 0 Å². The third-order valence-electron chi connectivity index (χ3n) is 6.46. The second-order valence-corrected chi connectivity index (χ2v) is 8.83. The van der Waals surface area contributed by atoms with Crippen LogP contribution in [0.5, 0.6) is 17.2 Å². The Labute approximate surface area is 168 Å². The highest BCUT2D eigenvalue weighted by Crippen LogP contribution is 2.53. The number of nitrogens with zero attached hydrogens (tertiary/aromatic N) is 1. The zero-order chi connectivity index (χ0) is 18.6. The fourth-order valence-electron chi connectivity index (χ4n) is 4.82. The van der Waals surface area contributed by atoms with Crippen molar-refractivity contribution in [3.63, 3.8) is 0 Å². The molecule has 0 amide bonds. The molecule has 0 N–H and O–H groups in total. The Balaban J connectivity index is 1.66. The first-order valence-corrected chi connectivity index (χ1v) is 10.5. The Morgan fingerprint density at radius 3 is 2.37 bits per heavy atom. The van der Waals surface area contributed by atoms with Gasteiger partial charge in [0.05, 0.1) is 0 Å². The predicted molar refractivity (Wildman–Crippen MR) is 108 cm³/mol. The van der Waals surface area contributed by atoms with E-state index in [4.69, 9.17) is 14.2 Å². The lowest BCUT2D eigenvalue weighted by Crippen LogP contribution is -2.57. The summed E-state index contributed by atoms with van der Waals surface area (Å²) in [5.41, 5.74) is 2.15. The zero-order valence-corrected chi connectivity index (χ0v) is 17.3. The van der Waals surface area contributed by atoms with Crippen LogP contribution < -0.4 is 14.2 Å². The zero-order valence-electron chi connectivity index (χ0n) is 15.7. The van der Waals surface area contributed by atoms with Crippen LogP contribution in [-0.2, 0) is 0 Å². The first-order valence-electron chi connectivity index (χ1n) is 9.69. The molecule has 2 aromatic carbocycles. The van der Waals surface area contributed by atoms with E-state index in [1.165, 1.54) is 24.0 Å². The lowest BCUT2D eigenvalue weighted by Gasteiger charge is -2.50. The highest BCUT2D eigenvalue weighted by atomic mass is 79.9. The normalized spacial score (nSPS) is 29.4. The minimum atomic E-state index is -0.338. The summed E-state index contributed by atoms with van der Waals surface area (Å²) in [5, 5.41) is 0. The molecule has 5 heteroatoms. The van der Waals surface area contributed by atoms with Crippen LogP contribution >= 0.6 is 15.9 Å². The Morgan fingerprint density at radius 2 is 1.67 bits per heavy atom. The number of ether oxygens (including phenoxy) is 3. The molecule has 5 rings (SSSR count). The Kier molecular flexibility index (Phi) is 4.13. The standard InChI is InChI=1S/C22H24BrNO3/c1-14-21(15-5-7-16(23)8-6-15)17-11-19-20(26-13-25-19)12-18(17)27-22(14,2)24-9-3-4-10-24/h5-8,11-12,14,21H,3-4,9-10,13H2,1-2H3/t14-,21+,22+/m0/s1. The lowest BCUT2D eigenvalue weighted by molar-refractivity contribution is -0.114. The minimum Gasteiger partial charge on any atom is -0.472 e. The monoisotopic (exact) mass is 429 g/mol. The van der Waals surface area contributed by atoms with Gasteiger partial charge in [0, 0.05) is 41.0 Å². The number of benzene rings is 2. The molecule has 0 radical (unpaired) electrons. The molecule has 0 aromatic heterocycles. The lowest BCUT2D eigenvalue weighted by atomic mass is 9.74. The number of hydrogen-bond acceptors (Lipinski definition) is 4. The van der Waals surface area contributed by atoms with Crippen molar-refractivity contribution in [2.24, 2.45) is 5.92 Å². The van der Waals surface area contributed by atoms with Gasteiger partial charge in [0.15, 0.2) is 17.2 Å². The summed E-state index contributed by atoms with van der Waals surface area (Å²) in [7, 11) is 0. The molecule has 1 fully saturated rings. The Bertz CT molecular complexity index is 863. The molecule has 0 saturated carbocycles. The molecule has 3 aliphatic rings. The number of rotatable bonds is 2. The van der Waals surface area contributed by atoms with Crippen LogP contribution in [0.2, 0.25) is 0 Å². The van der Waals surface area contributed by atoms with E-state index in [0.29, 0.717) is 5.92 Å². The van der Waals surface area contributed by atoms with Crippen LogP contribution in [0.25, 0.3) is 0 Å². The molecule has 0 spiro atoms. The molecule has 27 heavy (non-hydrogen) atoms. The maximum absolute atomic E-state index is 6.70. The smallest absolute Gasteiger partial charge is 0.231 e. The van der Waals surface area contributed by atoms with E-state index >= 15 is 0 Å². The molecule has 0 unspecified atom stereocenters. The highest BCUT2D eigenvalue weighted by molar-refractivity contribution is 9.10. The summed E-state index contributed by atoms with van der Waals surface area (Å²) in [6.45, 7) is 7.03. The molecule has 0 aliphatic carbocycles. The van der Waals surface area contributed by atoms with E-state index in [9.17, 15) is 0 Å². The average Bonchev–Trinajstić information content (AvgIpc) is 3.34. The first kappa shape index (κ1) is 17.4. The predicted octanol–water partition coefficient (Wildman–Crippen LogP) is 5.15. The molecule has 142 valence electrons. The van der Waals surface area contributed by atoms with Gasteiger partial charge in [0.25, 0.3) is 0 Å². The molecule has 3 heterocycles. The van der Waals surface area contributed by atoms with Crippen LogP contribution in [-0.4, -0.2) is 30.5 Å². The molecule has 0 bridgehead atoms. The summed E-state index contributed by atoms with van der Waals surface area (Å²) in [6.07, 6.45) is 2.48. The third kappa shape index (κ3) is 2.74. The maximum Gasteiger partial charge on any atom is 0.231 e. The van der Waals surface area contributed by atoms with Crippen molar-refractivity contribution in [2.75, 3.05) is 19.9 Å². The average molecular weight is 430 g/mol. The Hall–Kier alpha value is -1.72. The maximum atomic E-state index is 6.70. The van der Waals surface area contributed by atoms with Gasteiger partial charge >= 0.3 is 0 Å². The van der Waals surface area contributed by atoms with E-state index < -0.39 is 0 Å². The molecule has 3 atom stereocenters. The summed E-state index contributed by atoms with van der Waals surface area (Å²) >= 11 is 3.56. The van der Waals surface area contributed by atoms with Gasteiger partial charge in [-0.1, -0.05) is 35.0 Å². The van der Waals surface area contributed by atoms with Crippen LogP contribution in [0.15, 0.2) is 40.9 Å². The van der Waals surface area contributed by atoms with Gasteiger partial charge in [-0.2, -0.15) is 0 Å². The van der Waals surface area contributed by atoms with Crippen molar-refractivity contribution in [1.82, 2.24) is 4.90 Å². The van der Waals surface area contributed by atoms with Gasteiger partial charge in [-0.05, 0) is 43.5 Å². The number of hydrogen-bond donors (Lipinski definition) is 0. The second-order valence-electron chi connectivity index (χ2n) is 7.91. The van der Waals surface area contributed by atoms with Crippen molar-refractivity contribution in [1.29, 1.82) is 0 Å². The molecular formula is C22H24BrNO3.